The second-order valence-electron chi connectivity index (χ2n) is 6.87. The van der Waals surface area contributed by atoms with Crippen LogP contribution in [-0.2, 0) is 4.79 Å². The summed E-state index contributed by atoms with van der Waals surface area (Å²) < 4.78 is 10.7. The standard InChI is InChI=1S/C25H19Cl2NO3/c1-30-23-11-6-16(13-24(23)31-2)12-18-14-22(17-7-9-19(26)10-8-17)28(25(18)29)21-5-3-4-20(27)15-21/h3-15H,1-2H3/b18-12+. The minimum absolute atomic E-state index is 0.151. The van der Waals surface area contributed by atoms with Crippen LogP contribution >= 0.6 is 23.2 Å². The topological polar surface area (TPSA) is 38.8 Å². The highest BCUT2D eigenvalue weighted by molar-refractivity contribution is 6.31. The Bertz CT molecular complexity index is 1200. The van der Waals surface area contributed by atoms with Crippen molar-refractivity contribution in [2.45, 2.75) is 0 Å². The van der Waals surface area contributed by atoms with Gasteiger partial charge in [0.2, 0.25) is 0 Å². The van der Waals surface area contributed by atoms with Crippen LogP contribution in [0.25, 0.3) is 11.8 Å². The van der Waals surface area contributed by atoms with Crippen molar-refractivity contribution in [3.8, 4) is 11.5 Å². The number of hydrogen-bond donors (Lipinski definition) is 0. The molecular weight excluding hydrogens is 433 g/mol. The van der Waals surface area contributed by atoms with Gasteiger partial charge in [-0.1, -0.05) is 47.5 Å². The zero-order chi connectivity index (χ0) is 22.0. The van der Waals surface area contributed by atoms with E-state index in [1.165, 1.54) is 0 Å². The molecule has 1 aliphatic rings. The Morgan fingerprint density at radius 3 is 2.26 bits per heavy atom. The van der Waals surface area contributed by atoms with Crippen molar-refractivity contribution in [3.63, 3.8) is 0 Å². The Hall–Kier alpha value is -3.21. The second-order valence-corrected chi connectivity index (χ2v) is 7.74. The molecule has 0 bridgehead atoms. The number of ether oxygens (including phenoxy) is 2. The third-order valence-corrected chi connectivity index (χ3v) is 5.41. The van der Waals surface area contributed by atoms with Gasteiger partial charge in [0.15, 0.2) is 11.5 Å². The van der Waals surface area contributed by atoms with Gasteiger partial charge in [-0.25, -0.2) is 0 Å². The molecule has 0 saturated heterocycles. The van der Waals surface area contributed by atoms with Crippen molar-refractivity contribution in [2.75, 3.05) is 19.1 Å². The Morgan fingerprint density at radius 2 is 1.58 bits per heavy atom. The molecule has 0 fully saturated rings. The maximum absolute atomic E-state index is 13.4. The van der Waals surface area contributed by atoms with Crippen LogP contribution in [0.2, 0.25) is 10.0 Å². The maximum atomic E-state index is 13.4. The summed E-state index contributed by atoms with van der Waals surface area (Å²) >= 11 is 12.3. The van der Waals surface area contributed by atoms with Crippen LogP contribution in [0.3, 0.4) is 0 Å². The first-order valence-electron chi connectivity index (χ1n) is 9.51. The molecule has 0 atom stereocenters. The molecule has 156 valence electrons. The normalized spacial score (nSPS) is 14.7. The summed E-state index contributed by atoms with van der Waals surface area (Å²) in [5.74, 6) is 1.07. The molecule has 0 saturated carbocycles. The molecule has 3 aromatic rings. The van der Waals surface area contributed by atoms with Crippen LogP contribution in [0, 0.1) is 0 Å². The molecule has 1 amide bonds. The molecule has 4 nitrogen and oxygen atoms in total. The third-order valence-electron chi connectivity index (χ3n) is 4.92. The SMILES string of the molecule is COc1ccc(/C=C2\C=C(c3ccc(Cl)cc3)N(c3cccc(Cl)c3)C2=O)cc1OC. The summed E-state index contributed by atoms with van der Waals surface area (Å²) in [5.41, 5.74) is 3.66. The van der Waals surface area contributed by atoms with Crippen molar-refractivity contribution in [3.05, 3.63) is 99.6 Å². The number of methoxy groups -OCH3 is 2. The van der Waals surface area contributed by atoms with Gasteiger partial charge < -0.3 is 9.47 Å². The van der Waals surface area contributed by atoms with E-state index in [1.807, 2.05) is 54.6 Å². The highest BCUT2D eigenvalue weighted by Crippen LogP contribution is 2.37. The number of nitrogens with zero attached hydrogens (tertiary/aromatic N) is 1. The molecule has 6 heteroatoms. The highest BCUT2D eigenvalue weighted by Gasteiger charge is 2.30. The van der Waals surface area contributed by atoms with Gasteiger partial charge in [0, 0.05) is 15.6 Å². The minimum atomic E-state index is -0.151. The lowest BCUT2D eigenvalue weighted by molar-refractivity contribution is -0.113. The van der Waals surface area contributed by atoms with Crippen molar-refractivity contribution < 1.29 is 14.3 Å². The van der Waals surface area contributed by atoms with Gasteiger partial charge in [-0.15, -0.1) is 0 Å². The monoisotopic (exact) mass is 451 g/mol. The number of amides is 1. The zero-order valence-corrected chi connectivity index (χ0v) is 18.4. The smallest absolute Gasteiger partial charge is 0.262 e. The van der Waals surface area contributed by atoms with E-state index in [9.17, 15) is 4.79 Å². The lowest BCUT2D eigenvalue weighted by Gasteiger charge is -2.21. The second kappa shape index (κ2) is 8.88. The maximum Gasteiger partial charge on any atom is 0.262 e. The molecule has 31 heavy (non-hydrogen) atoms. The number of carbonyl (C=O) groups is 1. The van der Waals surface area contributed by atoms with E-state index in [2.05, 4.69) is 0 Å². The lowest BCUT2D eigenvalue weighted by atomic mass is 10.1. The number of carbonyl (C=O) groups excluding carboxylic acids is 1. The molecule has 0 N–H and O–H groups in total. The Morgan fingerprint density at radius 1 is 0.839 bits per heavy atom. The van der Waals surface area contributed by atoms with Gasteiger partial charge in [-0.05, 0) is 65.7 Å². The van der Waals surface area contributed by atoms with Crippen molar-refractivity contribution in [1.82, 2.24) is 0 Å². The zero-order valence-electron chi connectivity index (χ0n) is 16.9. The molecule has 0 aromatic heterocycles. The van der Waals surface area contributed by atoms with Crippen LogP contribution in [0.5, 0.6) is 11.5 Å². The van der Waals surface area contributed by atoms with Gasteiger partial charge >= 0.3 is 0 Å². The summed E-state index contributed by atoms with van der Waals surface area (Å²) in [5, 5.41) is 1.18. The molecule has 1 heterocycles. The predicted octanol–water partition coefficient (Wildman–Crippen LogP) is 6.48. The number of halogens is 2. The first kappa shape index (κ1) is 21.0. The Kier molecular flexibility index (Phi) is 6.03. The van der Waals surface area contributed by atoms with Gasteiger partial charge in [-0.3, -0.25) is 9.69 Å². The molecule has 0 radical (unpaired) electrons. The van der Waals surface area contributed by atoms with E-state index in [0.717, 1.165) is 16.8 Å². The van der Waals surface area contributed by atoms with Gasteiger partial charge in [-0.2, -0.15) is 0 Å². The van der Waals surface area contributed by atoms with Gasteiger partial charge in [0.25, 0.3) is 5.91 Å². The minimum Gasteiger partial charge on any atom is -0.493 e. The van der Waals surface area contributed by atoms with E-state index in [4.69, 9.17) is 32.7 Å². The molecule has 0 unspecified atom stereocenters. The average molecular weight is 452 g/mol. The predicted molar refractivity (Wildman–Crippen MR) is 126 cm³/mol. The average Bonchev–Trinajstić information content (AvgIpc) is 3.10. The summed E-state index contributed by atoms with van der Waals surface area (Å²) in [6.07, 6.45) is 3.69. The van der Waals surface area contributed by atoms with E-state index >= 15 is 0 Å². The largest absolute Gasteiger partial charge is 0.493 e. The third kappa shape index (κ3) is 4.31. The quantitative estimate of drug-likeness (QED) is 0.416. The fourth-order valence-electron chi connectivity index (χ4n) is 3.44. The summed E-state index contributed by atoms with van der Waals surface area (Å²) in [4.78, 5) is 15.1. The number of anilines is 1. The lowest BCUT2D eigenvalue weighted by Crippen LogP contribution is -2.24. The number of hydrogen-bond acceptors (Lipinski definition) is 3. The fourth-order valence-corrected chi connectivity index (χ4v) is 3.75. The van der Waals surface area contributed by atoms with Crippen LogP contribution in [-0.4, -0.2) is 20.1 Å². The molecule has 0 aliphatic carbocycles. The summed E-state index contributed by atoms with van der Waals surface area (Å²) in [6.45, 7) is 0. The van der Waals surface area contributed by atoms with Gasteiger partial charge in [0.05, 0.1) is 25.6 Å². The summed E-state index contributed by atoms with van der Waals surface area (Å²) in [6, 6.07) is 20.1. The first-order chi connectivity index (χ1) is 15.0. The van der Waals surface area contributed by atoms with Crippen molar-refractivity contribution >= 4 is 46.6 Å². The van der Waals surface area contributed by atoms with Crippen molar-refractivity contribution in [2.24, 2.45) is 0 Å². The van der Waals surface area contributed by atoms with Gasteiger partial charge in [0.1, 0.15) is 0 Å². The summed E-state index contributed by atoms with van der Waals surface area (Å²) in [7, 11) is 3.16. The Balaban J connectivity index is 1.81. The van der Waals surface area contributed by atoms with E-state index < -0.39 is 0 Å². The molecule has 3 aromatic carbocycles. The van der Waals surface area contributed by atoms with Crippen LogP contribution in [0.15, 0.2) is 78.4 Å². The molecule has 0 spiro atoms. The molecule has 4 rings (SSSR count). The van der Waals surface area contributed by atoms with E-state index in [1.54, 1.807) is 43.4 Å². The van der Waals surface area contributed by atoms with Crippen LogP contribution in [0.1, 0.15) is 11.1 Å². The molecule has 1 aliphatic heterocycles. The molecular formula is C25H19Cl2NO3. The first-order valence-corrected chi connectivity index (χ1v) is 10.3. The fraction of sp³-hybridized carbons (Fsp3) is 0.0800. The van der Waals surface area contributed by atoms with Crippen molar-refractivity contribution in [1.29, 1.82) is 0 Å². The van der Waals surface area contributed by atoms with E-state index in [0.29, 0.717) is 32.8 Å². The van der Waals surface area contributed by atoms with Crippen LogP contribution < -0.4 is 14.4 Å². The number of benzene rings is 3. The number of rotatable bonds is 5. The van der Waals surface area contributed by atoms with Crippen LogP contribution in [0.4, 0.5) is 5.69 Å². The van der Waals surface area contributed by atoms with E-state index in [-0.39, 0.29) is 5.91 Å². The Labute approximate surface area is 190 Å². The highest BCUT2D eigenvalue weighted by atomic mass is 35.5.